The van der Waals surface area contributed by atoms with E-state index in [1.54, 1.807) is 0 Å². The minimum Gasteiger partial charge on any atom is -0.481 e. The first-order valence-corrected chi connectivity index (χ1v) is 12.1. The second-order valence-electron chi connectivity index (χ2n) is 11.4. The van der Waals surface area contributed by atoms with Gasteiger partial charge in [0.25, 0.3) is 6.47 Å². The van der Waals surface area contributed by atoms with E-state index >= 15 is 0 Å². The molecule has 0 amide bonds. The Kier molecular flexibility index (Phi) is 5.76. The summed E-state index contributed by atoms with van der Waals surface area (Å²) in [5, 5.41) is 9.12. The first-order chi connectivity index (χ1) is 13.8. The smallest absolute Gasteiger partial charge is 0.303 e. The van der Waals surface area contributed by atoms with Crippen LogP contribution in [0.3, 0.4) is 0 Å². The van der Waals surface area contributed by atoms with Gasteiger partial charge in [-0.3, -0.25) is 9.59 Å². The number of carboxylic acids is 1. The van der Waals surface area contributed by atoms with Crippen LogP contribution in [0.25, 0.3) is 0 Å². The molecule has 9 atom stereocenters. The summed E-state index contributed by atoms with van der Waals surface area (Å²) in [6.45, 7) is 8.05. The fraction of sp³-hybridized carbons (Fsp3) is 0.920. The highest BCUT2D eigenvalue weighted by molar-refractivity contribution is 5.66. The molecule has 4 aliphatic carbocycles. The Balaban J connectivity index is 1.48. The average Bonchev–Trinajstić information content (AvgIpc) is 3.04. The Morgan fingerprint density at radius 3 is 2.52 bits per heavy atom. The molecule has 4 nitrogen and oxygen atoms in total. The fourth-order valence-corrected chi connectivity index (χ4v) is 8.95. The van der Waals surface area contributed by atoms with Gasteiger partial charge in [-0.2, -0.15) is 0 Å². The molecule has 4 rings (SSSR count). The molecule has 164 valence electrons. The standard InChI is InChI=1S/C25H40O4/c1-16(4-9-23(27)28)20-7-8-21-19-6-5-17-14-18(29-15-26)10-12-24(17,2)22(19)11-13-25(20,21)3/h15-22H,4-14H2,1-3H3,(H,27,28)/t16-,17-,18-,19-,20-,21-,22+,24+,25-/m1/s1. The normalized spacial score (nSPS) is 47.4. The highest BCUT2D eigenvalue weighted by Gasteiger charge is 2.60. The summed E-state index contributed by atoms with van der Waals surface area (Å²) in [6.07, 6.45) is 12.5. The maximum atomic E-state index is 11.1. The van der Waals surface area contributed by atoms with E-state index in [0.717, 1.165) is 37.0 Å². The third kappa shape index (κ3) is 3.53. The van der Waals surface area contributed by atoms with Crippen LogP contribution in [-0.2, 0) is 14.3 Å². The van der Waals surface area contributed by atoms with Gasteiger partial charge in [0.05, 0.1) is 0 Å². The number of aliphatic carboxylic acids is 1. The minimum atomic E-state index is -0.652. The molecular weight excluding hydrogens is 364 g/mol. The molecule has 0 radical (unpaired) electrons. The number of rotatable bonds is 6. The Morgan fingerprint density at radius 1 is 1.07 bits per heavy atom. The molecular formula is C25H40O4. The van der Waals surface area contributed by atoms with E-state index in [1.165, 1.54) is 44.9 Å². The maximum absolute atomic E-state index is 11.1. The van der Waals surface area contributed by atoms with E-state index < -0.39 is 5.97 Å². The van der Waals surface area contributed by atoms with Gasteiger partial charge in [0.2, 0.25) is 0 Å². The zero-order valence-electron chi connectivity index (χ0n) is 18.6. The molecule has 0 heterocycles. The summed E-state index contributed by atoms with van der Waals surface area (Å²) in [5.41, 5.74) is 0.820. The quantitative estimate of drug-likeness (QED) is 0.578. The van der Waals surface area contributed by atoms with Crippen LogP contribution in [0.15, 0.2) is 0 Å². The maximum Gasteiger partial charge on any atom is 0.303 e. The summed E-state index contributed by atoms with van der Waals surface area (Å²) in [7, 11) is 0. The van der Waals surface area contributed by atoms with Crippen molar-refractivity contribution in [3.05, 3.63) is 0 Å². The van der Waals surface area contributed by atoms with Gasteiger partial charge in [-0.15, -0.1) is 0 Å². The Labute approximate surface area is 176 Å². The molecule has 4 saturated carbocycles. The van der Waals surface area contributed by atoms with Gasteiger partial charge < -0.3 is 9.84 Å². The average molecular weight is 405 g/mol. The zero-order chi connectivity index (χ0) is 20.8. The van der Waals surface area contributed by atoms with Crippen molar-refractivity contribution in [3.8, 4) is 0 Å². The summed E-state index contributed by atoms with van der Waals surface area (Å²) < 4.78 is 5.36. The van der Waals surface area contributed by atoms with Gasteiger partial charge in [-0.25, -0.2) is 0 Å². The number of hydrogen-bond donors (Lipinski definition) is 1. The van der Waals surface area contributed by atoms with Crippen LogP contribution in [-0.4, -0.2) is 23.7 Å². The van der Waals surface area contributed by atoms with E-state index in [9.17, 15) is 9.59 Å². The lowest BCUT2D eigenvalue weighted by Crippen LogP contribution is -2.54. The van der Waals surface area contributed by atoms with Gasteiger partial charge >= 0.3 is 5.97 Å². The zero-order valence-corrected chi connectivity index (χ0v) is 18.6. The van der Waals surface area contributed by atoms with E-state index in [2.05, 4.69) is 20.8 Å². The molecule has 0 spiro atoms. The number of ether oxygens (including phenoxy) is 1. The SMILES string of the molecule is C[C@H](CCC(=O)O)[C@H]1CC[C@@H]2[C@H]3CC[C@@H]4C[C@H](OC=O)CC[C@]4(C)[C@H]3CC[C@@]21C. The molecule has 0 bridgehead atoms. The van der Waals surface area contributed by atoms with Crippen LogP contribution >= 0.6 is 0 Å². The van der Waals surface area contributed by atoms with Crippen molar-refractivity contribution in [1.29, 1.82) is 0 Å². The van der Waals surface area contributed by atoms with E-state index in [-0.39, 0.29) is 6.10 Å². The fourth-order valence-electron chi connectivity index (χ4n) is 8.95. The molecule has 29 heavy (non-hydrogen) atoms. The van der Waals surface area contributed by atoms with Crippen molar-refractivity contribution in [3.63, 3.8) is 0 Å². The molecule has 0 aromatic rings. The molecule has 0 unspecified atom stereocenters. The lowest BCUT2D eigenvalue weighted by Gasteiger charge is -2.61. The number of fused-ring (bicyclic) bond motifs is 5. The number of carbonyl (C=O) groups is 2. The predicted octanol–water partition coefficient (Wildman–Crippen LogP) is 5.69. The molecule has 0 saturated heterocycles. The highest BCUT2D eigenvalue weighted by Crippen LogP contribution is 2.68. The minimum absolute atomic E-state index is 0.141. The van der Waals surface area contributed by atoms with Crippen molar-refractivity contribution in [2.75, 3.05) is 0 Å². The van der Waals surface area contributed by atoms with Crippen molar-refractivity contribution in [2.24, 2.45) is 46.3 Å². The van der Waals surface area contributed by atoms with Crippen molar-refractivity contribution in [2.45, 2.75) is 97.5 Å². The van der Waals surface area contributed by atoms with Gasteiger partial charge in [0, 0.05) is 6.42 Å². The van der Waals surface area contributed by atoms with Gasteiger partial charge in [-0.05, 0) is 111 Å². The van der Waals surface area contributed by atoms with E-state index in [1.807, 2.05) is 0 Å². The third-order valence-corrected chi connectivity index (χ3v) is 10.4. The summed E-state index contributed by atoms with van der Waals surface area (Å²) >= 11 is 0. The lowest BCUT2D eigenvalue weighted by atomic mass is 9.44. The molecule has 4 aliphatic rings. The molecule has 1 N–H and O–H groups in total. The largest absolute Gasteiger partial charge is 0.481 e. The molecule has 0 aliphatic heterocycles. The summed E-state index contributed by atoms with van der Waals surface area (Å²) in [5.74, 6) is 3.75. The first kappa shape index (κ1) is 21.2. The Hall–Kier alpha value is -1.06. The Bertz CT molecular complexity index is 632. The summed E-state index contributed by atoms with van der Waals surface area (Å²) in [6, 6.07) is 0. The van der Waals surface area contributed by atoms with Crippen LogP contribution in [0, 0.1) is 46.3 Å². The first-order valence-electron chi connectivity index (χ1n) is 12.1. The highest BCUT2D eigenvalue weighted by atomic mass is 16.5. The number of carboxylic acid groups (broad SMARTS) is 1. The van der Waals surface area contributed by atoms with E-state index in [0.29, 0.717) is 41.5 Å². The number of hydrogen-bond acceptors (Lipinski definition) is 3. The molecule has 4 fully saturated rings. The van der Waals surface area contributed by atoms with Crippen LogP contribution < -0.4 is 0 Å². The molecule has 0 aromatic heterocycles. The van der Waals surface area contributed by atoms with Crippen LogP contribution in [0.4, 0.5) is 0 Å². The molecule has 0 aromatic carbocycles. The van der Waals surface area contributed by atoms with Crippen molar-refractivity contribution < 1.29 is 19.4 Å². The van der Waals surface area contributed by atoms with Gasteiger partial charge in [-0.1, -0.05) is 20.8 Å². The van der Waals surface area contributed by atoms with Gasteiger partial charge in [0.1, 0.15) is 6.10 Å². The van der Waals surface area contributed by atoms with Crippen LogP contribution in [0.5, 0.6) is 0 Å². The topological polar surface area (TPSA) is 63.6 Å². The predicted molar refractivity (Wildman–Crippen MR) is 112 cm³/mol. The Morgan fingerprint density at radius 2 is 1.79 bits per heavy atom. The summed E-state index contributed by atoms with van der Waals surface area (Å²) in [4.78, 5) is 21.9. The second kappa shape index (κ2) is 7.89. The lowest BCUT2D eigenvalue weighted by molar-refractivity contribution is -0.151. The monoisotopic (exact) mass is 404 g/mol. The third-order valence-electron chi connectivity index (χ3n) is 10.4. The second-order valence-corrected chi connectivity index (χ2v) is 11.4. The van der Waals surface area contributed by atoms with Crippen molar-refractivity contribution >= 4 is 12.4 Å². The number of carbonyl (C=O) groups excluding carboxylic acids is 1. The van der Waals surface area contributed by atoms with Crippen LogP contribution in [0.2, 0.25) is 0 Å². The molecule has 4 heteroatoms. The van der Waals surface area contributed by atoms with Gasteiger partial charge in [0.15, 0.2) is 0 Å². The van der Waals surface area contributed by atoms with Crippen LogP contribution in [0.1, 0.15) is 91.4 Å². The van der Waals surface area contributed by atoms with Crippen molar-refractivity contribution in [1.82, 2.24) is 0 Å². The van der Waals surface area contributed by atoms with E-state index in [4.69, 9.17) is 9.84 Å².